The highest BCUT2D eigenvalue weighted by Crippen LogP contribution is 2.32. The lowest BCUT2D eigenvalue weighted by Crippen LogP contribution is -2.21. The van der Waals surface area contributed by atoms with Crippen molar-refractivity contribution < 1.29 is 4.79 Å². The van der Waals surface area contributed by atoms with Gasteiger partial charge in [-0.05, 0) is 43.2 Å². The lowest BCUT2D eigenvalue weighted by Gasteiger charge is -2.16. The topological polar surface area (TPSA) is 46.9 Å². The van der Waals surface area contributed by atoms with Crippen molar-refractivity contribution in [1.29, 1.82) is 0 Å². The Morgan fingerprint density at radius 1 is 1.55 bits per heavy atom. The summed E-state index contributed by atoms with van der Waals surface area (Å²) in [6, 6.07) is 2.09. The van der Waals surface area contributed by atoms with Crippen LogP contribution in [-0.4, -0.2) is 15.7 Å². The molecule has 0 aliphatic heterocycles. The van der Waals surface area contributed by atoms with Crippen LogP contribution in [0.5, 0.6) is 0 Å². The highest BCUT2D eigenvalue weighted by molar-refractivity contribution is 7.14. The van der Waals surface area contributed by atoms with Crippen LogP contribution in [0.15, 0.2) is 18.5 Å². The molecule has 0 saturated carbocycles. The van der Waals surface area contributed by atoms with Gasteiger partial charge in [-0.25, -0.2) is 0 Å². The number of carbonyl (C=O) groups is 1. The van der Waals surface area contributed by atoms with Crippen molar-refractivity contribution in [3.63, 3.8) is 0 Å². The maximum atomic E-state index is 12.3. The van der Waals surface area contributed by atoms with Gasteiger partial charge in [0.25, 0.3) is 5.91 Å². The molecule has 1 aliphatic rings. The highest BCUT2D eigenvalue weighted by atomic mass is 32.1. The van der Waals surface area contributed by atoms with E-state index in [1.54, 1.807) is 11.3 Å². The van der Waals surface area contributed by atoms with E-state index in [2.05, 4.69) is 30.3 Å². The number of hydrogen-bond acceptors (Lipinski definition) is 3. The lowest BCUT2D eigenvalue weighted by atomic mass is 9.90. The summed E-state index contributed by atoms with van der Waals surface area (Å²) >= 11 is 1.66. The van der Waals surface area contributed by atoms with Gasteiger partial charge in [0.1, 0.15) is 0 Å². The van der Waals surface area contributed by atoms with E-state index in [1.807, 2.05) is 17.1 Å². The van der Waals surface area contributed by atoms with Crippen molar-refractivity contribution in [2.45, 2.75) is 52.6 Å². The molecular weight excluding hydrogens is 294 g/mol. The fraction of sp³-hybridized carbons (Fsp3) is 0.529. The van der Waals surface area contributed by atoms with Crippen LogP contribution >= 0.6 is 11.3 Å². The molecule has 1 amide bonds. The van der Waals surface area contributed by atoms with Gasteiger partial charge in [0.2, 0.25) is 0 Å². The fourth-order valence-corrected chi connectivity index (χ4v) is 4.06. The molecule has 0 fully saturated rings. The molecule has 118 valence electrons. The molecule has 0 aromatic carbocycles. The van der Waals surface area contributed by atoms with Gasteiger partial charge >= 0.3 is 0 Å². The molecule has 2 aromatic rings. The molecule has 0 saturated heterocycles. The molecule has 1 atom stereocenters. The number of carbonyl (C=O) groups excluding carboxylic acids is 1. The monoisotopic (exact) mass is 317 g/mol. The van der Waals surface area contributed by atoms with Crippen LogP contribution in [-0.2, 0) is 25.9 Å². The van der Waals surface area contributed by atoms with E-state index in [-0.39, 0.29) is 5.91 Å². The molecule has 1 N–H and O–H groups in total. The number of nitrogens with zero attached hydrogens (tertiary/aromatic N) is 2. The second-order valence-corrected chi connectivity index (χ2v) is 7.34. The summed E-state index contributed by atoms with van der Waals surface area (Å²) in [7, 11) is 0. The van der Waals surface area contributed by atoms with Crippen molar-refractivity contribution in [1.82, 2.24) is 15.1 Å². The van der Waals surface area contributed by atoms with Crippen molar-refractivity contribution in [2.75, 3.05) is 0 Å². The quantitative estimate of drug-likeness (QED) is 0.918. The van der Waals surface area contributed by atoms with Crippen molar-refractivity contribution in [3.8, 4) is 0 Å². The number of nitrogens with one attached hydrogen (secondary N) is 1. The molecule has 1 aliphatic carbocycles. The minimum absolute atomic E-state index is 0.0373. The Balaban J connectivity index is 1.60. The van der Waals surface area contributed by atoms with Crippen molar-refractivity contribution in [3.05, 3.63) is 39.3 Å². The summed E-state index contributed by atoms with van der Waals surface area (Å²) in [6.45, 7) is 5.88. The van der Waals surface area contributed by atoms with Crippen molar-refractivity contribution in [2.24, 2.45) is 5.92 Å². The van der Waals surface area contributed by atoms with E-state index in [0.717, 1.165) is 42.2 Å². The molecular formula is C17H23N3OS. The summed E-state index contributed by atoms with van der Waals surface area (Å²) in [6.07, 6.45) is 8.38. The zero-order valence-electron chi connectivity index (χ0n) is 13.3. The molecule has 0 radical (unpaired) electrons. The molecule has 1 unspecified atom stereocenters. The zero-order valence-corrected chi connectivity index (χ0v) is 14.1. The third-order valence-electron chi connectivity index (χ3n) is 4.15. The zero-order chi connectivity index (χ0) is 15.5. The maximum Gasteiger partial charge on any atom is 0.261 e. The first-order valence-electron chi connectivity index (χ1n) is 8.06. The number of hydrogen-bond donors (Lipinski definition) is 1. The smallest absolute Gasteiger partial charge is 0.261 e. The van der Waals surface area contributed by atoms with Crippen LogP contribution in [0.25, 0.3) is 0 Å². The molecule has 0 spiro atoms. The Labute approximate surface area is 135 Å². The third-order valence-corrected chi connectivity index (χ3v) is 5.38. The van der Waals surface area contributed by atoms with E-state index in [0.29, 0.717) is 6.54 Å². The Kier molecular flexibility index (Phi) is 4.62. The third kappa shape index (κ3) is 3.40. The first-order chi connectivity index (χ1) is 10.7. The van der Waals surface area contributed by atoms with Crippen LogP contribution in [0.1, 0.15) is 52.4 Å². The summed E-state index contributed by atoms with van der Waals surface area (Å²) in [5, 5.41) is 7.30. The average molecular weight is 317 g/mol. The molecule has 3 rings (SSSR count). The van der Waals surface area contributed by atoms with Gasteiger partial charge in [-0.2, -0.15) is 5.10 Å². The number of aromatic nitrogens is 2. The fourth-order valence-electron chi connectivity index (χ4n) is 2.94. The van der Waals surface area contributed by atoms with Gasteiger partial charge in [0.15, 0.2) is 0 Å². The predicted octanol–water partition coefficient (Wildman–Crippen LogP) is 3.41. The first kappa shape index (κ1) is 15.3. The lowest BCUT2D eigenvalue weighted by molar-refractivity contribution is 0.0955. The van der Waals surface area contributed by atoms with E-state index in [1.165, 1.54) is 16.9 Å². The van der Waals surface area contributed by atoms with Gasteiger partial charge in [0.05, 0.1) is 11.1 Å². The summed E-state index contributed by atoms with van der Waals surface area (Å²) in [5.41, 5.74) is 2.43. The van der Waals surface area contributed by atoms with E-state index in [4.69, 9.17) is 0 Å². The van der Waals surface area contributed by atoms with E-state index < -0.39 is 0 Å². The Morgan fingerprint density at radius 3 is 3.23 bits per heavy atom. The largest absolute Gasteiger partial charge is 0.347 e. The second kappa shape index (κ2) is 6.65. The van der Waals surface area contributed by atoms with E-state index in [9.17, 15) is 4.79 Å². The summed E-state index contributed by atoms with van der Waals surface area (Å²) in [5.74, 6) is 0.776. The van der Waals surface area contributed by atoms with Gasteiger partial charge < -0.3 is 5.32 Å². The minimum atomic E-state index is 0.0373. The number of thiophene rings is 1. The van der Waals surface area contributed by atoms with Crippen LogP contribution in [0.4, 0.5) is 0 Å². The number of amides is 1. The number of rotatable bonds is 5. The highest BCUT2D eigenvalue weighted by Gasteiger charge is 2.20. The molecule has 2 heterocycles. The Bertz CT molecular complexity index is 659. The van der Waals surface area contributed by atoms with Gasteiger partial charge in [-0.1, -0.05) is 13.8 Å². The van der Waals surface area contributed by atoms with Gasteiger partial charge in [0, 0.05) is 29.7 Å². The van der Waals surface area contributed by atoms with Crippen molar-refractivity contribution >= 4 is 17.2 Å². The standard InChI is InChI=1S/C17H23N3OS/c1-3-6-20-11-13(10-19-20)9-18-17(21)16-8-14-7-12(2)4-5-15(14)22-16/h8,10-12H,3-7,9H2,1-2H3,(H,18,21). The Morgan fingerprint density at radius 2 is 2.41 bits per heavy atom. The first-order valence-corrected chi connectivity index (χ1v) is 8.88. The second-order valence-electron chi connectivity index (χ2n) is 6.20. The normalized spacial score (nSPS) is 17.3. The minimum Gasteiger partial charge on any atom is -0.347 e. The van der Waals surface area contributed by atoms with E-state index >= 15 is 0 Å². The average Bonchev–Trinajstić information content (AvgIpc) is 3.11. The molecule has 0 bridgehead atoms. The maximum absolute atomic E-state index is 12.3. The van der Waals surface area contributed by atoms with Crippen LogP contribution in [0, 0.1) is 5.92 Å². The van der Waals surface area contributed by atoms with Gasteiger partial charge in [-0.15, -0.1) is 11.3 Å². The summed E-state index contributed by atoms with van der Waals surface area (Å²) < 4.78 is 1.92. The van der Waals surface area contributed by atoms with Crippen LogP contribution in [0.2, 0.25) is 0 Å². The number of aryl methyl sites for hydroxylation is 2. The molecule has 2 aromatic heterocycles. The van der Waals surface area contributed by atoms with Crippen LogP contribution < -0.4 is 5.32 Å². The summed E-state index contributed by atoms with van der Waals surface area (Å²) in [4.78, 5) is 14.6. The molecule has 22 heavy (non-hydrogen) atoms. The molecule has 4 nitrogen and oxygen atoms in total. The molecule has 5 heteroatoms. The Hall–Kier alpha value is -1.62. The SMILES string of the molecule is CCCn1cc(CNC(=O)c2cc3c(s2)CCC(C)C3)cn1. The van der Waals surface area contributed by atoms with Crippen LogP contribution in [0.3, 0.4) is 0 Å². The predicted molar refractivity (Wildman–Crippen MR) is 89.2 cm³/mol. The number of fused-ring (bicyclic) bond motifs is 1. The van der Waals surface area contributed by atoms with Gasteiger partial charge in [-0.3, -0.25) is 9.48 Å².